The average molecular weight is 608 g/mol. The molecule has 0 aliphatic carbocycles. The van der Waals surface area contributed by atoms with Gasteiger partial charge >= 0.3 is 5.97 Å². The predicted octanol–water partition coefficient (Wildman–Crippen LogP) is -3.76. The minimum atomic E-state index is -1.07. The molecule has 0 radical (unpaired) electrons. The summed E-state index contributed by atoms with van der Waals surface area (Å²) >= 11 is 1.50. The fourth-order valence-corrected chi connectivity index (χ4v) is 8.64. The number of rotatable bonds is 10. The first kappa shape index (κ1) is 30.0. The minimum Gasteiger partial charge on any atom is -0.480 e. The number of fused-ring (bicyclic) bond motifs is 1. The summed E-state index contributed by atoms with van der Waals surface area (Å²) in [6, 6.07) is -2.61. The summed E-state index contributed by atoms with van der Waals surface area (Å²) in [7, 11) is 0. The van der Waals surface area contributed by atoms with Crippen molar-refractivity contribution in [2.45, 2.75) is 67.5 Å². The van der Waals surface area contributed by atoms with E-state index in [2.05, 4.69) is 31.5 Å². The Balaban J connectivity index is 1.19. The van der Waals surface area contributed by atoms with E-state index in [1.54, 1.807) is 11.8 Å². The highest BCUT2D eigenvalue weighted by atomic mass is 32.2. The molecule has 17 nitrogen and oxygen atoms in total. The molecule has 0 aromatic carbocycles. The van der Waals surface area contributed by atoms with Crippen molar-refractivity contribution in [2.75, 3.05) is 26.2 Å². The fraction of sp³-hybridized carbons (Fsp3) is 0.750. The van der Waals surface area contributed by atoms with Crippen LogP contribution in [0.25, 0.3) is 0 Å². The number of likely N-dealkylation sites (tertiary alicyclic amines) is 1. The molecule has 3 amide bonds. The summed E-state index contributed by atoms with van der Waals surface area (Å²) in [6.45, 7) is 4.63. The quantitative estimate of drug-likeness (QED) is 0.0768. The number of nitrogens with two attached hydrogens (primary N) is 1. The molecule has 230 valence electrons. The second kappa shape index (κ2) is 12.0. The van der Waals surface area contributed by atoms with Crippen molar-refractivity contribution in [3.05, 3.63) is 6.33 Å². The van der Waals surface area contributed by atoms with Gasteiger partial charge in [-0.05, 0) is 29.7 Å². The number of aromatic nitrogens is 4. The van der Waals surface area contributed by atoms with Crippen LogP contribution >= 0.6 is 11.8 Å². The summed E-state index contributed by atoms with van der Waals surface area (Å²) in [6.07, 6.45) is 1.81. The molecule has 8 N–H and O–H groups in total. The molecule has 5 heterocycles. The molecule has 5 rings (SSSR count). The molecule has 4 unspecified atom stereocenters. The molecule has 4 aliphatic rings. The van der Waals surface area contributed by atoms with Crippen molar-refractivity contribution in [1.82, 2.24) is 46.0 Å². The SMILES string of the molecule is CC(NC(=O)Cn1cnnn1)[C@H]1C(=O)N2C(C(=O)O)[C@H](SC3CNC(C(=O)N4C[C@@H](CO)[C@@H](NC(=N)N)C4)C3)[C@@H](C)[C@H]12. The van der Waals surface area contributed by atoms with Crippen molar-refractivity contribution in [3.8, 4) is 0 Å². The maximum atomic E-state index is 13.3. The Hall–Kier alpha value is -3.51. The number of nitrogens with zero attached hydrogens (tertiary/aromatic N) is 6. The van der Waals surface area contributed by atoms with Gasteiger partial charge in [0.2, 0.25) is 17.7 Å². The Labute approximate surface area is 245 Å². The van der Waals surface area contributed by atoms with Crippen LogP contribution in [0.4, 0.5) is 0 Å². The molecule has 4 saturated heterocycles. The summed E-state index contributed by atoms with van der Waals surface area (Å²) in [5.74, 6) is -2.98. The third kappa shape index (κ3) is 5.61. The van der Waals surface area contributed by atoms with Gasteiger partial charge in [0.05, 0.1) is 18.0 Å². The van der Waals surface area contributed by atoms with E-state index in [0.29, 0.717) is 26.1 Å². The Morgan fingerprint density at radius 3 is 2.74 bits per heavy atom. The van der Waals surface area contributed by atoms with Crippen LogP contribution in [-0.4, -0.2) is 137 Å². The van der Waals surface area contributed by atoms with Gasteiger partial charge in [0.25, 0.3) is 0 Å². The van der Waals surface area contributed by atoms with Gasteiger partial charge in [-0.2, -0.15) is 11.8 Å². The molecule has 42 heavy (non-hydrogen) atoms. The number of aliphatic hydroxyl groups excluding tert-OH is 1. The molecule has 4 fully saturated rings. The molecule has 4 aliphatic heterocycles. The largest absolute Gasteiger partial charge is 0.480 e. The van der Waals surface area contributed by atoms with Crippen molar-refractivity contribution in [1.29, 1.82) is 5.41 Å². The normalized spacial score (nSPS) is 34.5. The van der Waals surface area contributed by atoms with E-state index >= 15 is 0 Å². The Bertz CT molecular complexity index is 1220. The first-order valence-corrected chi connectivity index (χ1v) is 14.9. The van der Waals surface area contributed by atoms with E-state index in [-0.39, 0.29) is 71.3 Å². The molecule has 0 saturated carbocycles. The maximum absolute atomic E-state index is 13.3. The lowest BCUT2D eigenvalue weighted by Gasteiger charge is -2.48. The number of guanidine groups is 1. The third-order valence-electron chi connectivity index (χ3n) is 8.84. The summed E-state index contributed by atoms with van der Waals surface area (Å²) in [5.41, 5.74) is 5.46. The monoisotopic (exact) mass is 607 g/mol. The summed E-state index contributed by atoms with van der Waals surface area (Å²) < 4.78 is 1.27. The van der Waals surface area contributed by atoms with Gasteiger partial charge in [0.15, 0.2) is 5.96 Å². The van der Waals surface area contributed by atoms with Crippen molar-refractivity contribution in [2.24, 2.45) is 23.5 Å². The standard InChI is InChI=1S/C24H37N11O6S/c1-10-18-17(11(2)29-16(37)7-34-9-28-31-32-34)22(39)35(18)19(23(40)41)20(10)42-13-3-14(27-4-13)21(38)33-5-12(8-36)15(6-33)30-24(25)26/h9-15,17-20,27,36H,3-8H2,1-2H3,(H,29,37)(H,40,41)(H4,25,26,30)/t10-,11?,12-,13?,14?,15-,17+,18+,19?,20+/m0/s1. The minimum absolute atomic E-state index is 0.0451. The van der Waals surface area contributed by atoms with Gasteiger partial charge in [0, 0.05) is 54.7 Å². The second-order valence-electron chi connectivity index (χ2n) is 11.5. The number of carboxylic acids is 1. The van der Waals surface area contributed by atoms with E-state index in [1.807, 2.05) is 6.92 Å². The van der Waals surface area contributed by atoms with E-state index in [1.165, 1.54) is 27.7 Å². The summed E-state index contributed by atoms with van der Waals surface area (Å²) in [5, 5.41) is 46.4. The lowest BCUT2D eigenvalue weighted by Crippen LogP contribution is -2.68. The second-order valence-corrected chi connectivity index (χ2v) is 13.0. The number of hydrogen-bond acceptors (Lipinski definition) is 11. The van der Waals surface area contributed by atoms with Crippen molar-refractivity contribution < 1.29 is 29.4 Å². The number of tetrazole rings is 1. The zero-order valence-electron chi connectivity index (χ0n) is 23.3. The van der Waals surface area contributed by atoms with E-state index in [0.717, 1.165) is 0 Å². The van der Waals surface area contributed by atoms with Crippen molar-refractivity contribution >= 4 is 41.4 Å². The van der Waals surface area contributed by atoms with Crippen LogP contribution in [-0.2, 0) is 25.7 Å². The molecular weight excluding hydrogens is 570 g/mol. The number of carbonyl (C=O) groups excluding carboxylic acids is 3. The number of carbonyl (C=O) groups is 4. The van der Waals surface area contributed by atoms with Gasteiger partial charge < -0.3 is 41.7 Å². The van der Waals surface area contributed by atoms with Crippen LogP contribution in [0.1, 0.15) is 20.3 Å². The first-order chi connectivity index (χ1) is 20.0. The van der Waals surface area contributed by atoms with Crippen LogP contribution in [0.3, 0.4) is 0 Å². The molecule has 0 bridgehead atoms. The van der Waals surface area contributed by atoms with Crippen LogP contribution < -0.4 is 21.7 Å². The number of aliphatic carboxylic acids is 1. The van der Waals surface area contributed by atoms with Gasteiger partial charge in [-0.15, -0.1) is 5.10 Å². The summed E-state index contributed by atoms with van der Waals surface area (Å²) in [4.78, 5) is 54.5. The lowest BCUT2D eigenvalue weighted by molar-refractivity contribution is -0.166. The molecule has 1 aromatic rings. The zero-order valence-corrected chi connectivity index (χ0v) is 24.1. The number of aliphatic hydroxyl groups is 1. The van der Waals surface area contributed by atoms with E-state index in [9.17, 15) is 29.4 Å². The highest BCUT2D eigenvalue weighted by Gasteiger charge is 2.65. The molecule has 0 spiro atoms. The van der Waals surface area contributed by atoms with Gasteiger partial charge in [-0.3, -0.25) is 19.8 Å². The molecule has 10 atom stereocenters. The highest BCUT2D eigenvalue weighted by molar-refractivity contribution is 8.00. The van der Waals surface area contributed by atoms with Gasteiger partial charge in [0.1, 0.15) is 18.9 Å². The molecule has 1 aromatic heterocycles. The molecule has 18 heteroatoms. The lowest BCUT2D eigenvalue weighted by atomic mass is 9.78. The smallest absolute Gasteiger partial charge is 0.327 e. The van der Waals surface area contributed by atoms with Gasteiger partial charge in [-0.1, -0.05) is 6.92 Å². The van der Waals surface area contributed by atoms with E-state index in [4.69, 9.17) is 11.1 Å². The van der Waals surface area contributed by atoms with Gasteiger partial charge in [-0.25, -0.2) is 9.48 Å². The number of nitrogens with one attached hydrogen (secondary N) is 4. The highest BCUT2D eigenvalue weighted by Crippen LogP contribution is 2.50. The number of β-lactam (4-membered cyclic amide) rings is 1. The topological polar surface area (TPSA) is 245 Å². The van der Waals surface area contributed by atoms with Crippen LogP contribution in [0.5, 0.6) is 0 Å². The number of carboxylic acid groups (broad SMARTS) is 1. The maximum Gasteiger partial charge on any atom is 0.327 e. The average Bonchev–Trinajstić information content (AvgIpc) is 3.71. The Morgan fingerprint density at radius 1 is 1.33 bits per heavy atom. The number of hydrogen-bond donors (Lipinski definition) is 7. The fourth-order valence-electron chi connectivity index (χ4n) is 6.89. The zero-order chi connectivity index (χ0) is 30.3. The predicted molar refractivity (Wildman–Crippen MR) is 148 cm³/mol. The Morgan fingerprint density at radius 2 is 2.10 bits per heavy atom. The third-order valence-corrected chi connectivity index (χ3v) is 10.6. The van der Waals surface area contributed by atoms with Crippen LogP contribution in [0.2, 0.25) is 0 Å². The number of amides is 3. The van der Waals surface area contributed by atoms with Crippen molar-refractivity contribution in [3.63, 3.8) is 0 Å². The number of thioether (sulfide) groups is 1. The van der Waals surface area contributed by atoms with Crippen LogP contribution in [0, 0.1) is 23.2 Å². The van der Waals surface area contributed by atoms with Crippen LogP contribution in [0.15, 0.2) is 6.33 Å². The first-order valence-electron chi connectivity index (χ1n) is 13.9. The Kier molecular flexibility index (Phi) is 8.56. The van der Waals surface area contributed by atoms with E-state index < -0.39 is 30.0 Å². The molecular formula is C24H37N11O6S.